The third-order valence-electron chi connectivity index (χ3n) is 3.04. The number of halogens is 1. The first-order valence-electron chi connectivity index (χ1n) is 5.89. The summed E-state index contributed by atoms with van der Waals surface area (Å²) in [5, 5.41) is 1.07. The number of nitrogen functional groups attached to an aromatic ring is 1. The summed E-state index contributed by atoms with van der Waals surface area (Å²) in [4.78, 5) is 4.69. The fraction of sp³-hybridized carbons (Fsp3) is 0.357. The number of aryl methyl sites for hydroxylation is 3. The molecule has 0 saturated heterocycles. The van der Waals surface area contributed by atoms with Gasteiger partial charge in [-0.15, -0.1) is 0 Å². The highest BCUT2D eigenvalue weighted by Crippen LogP contribution is 2.32. The molecule has 0 unspecified atom stereocenters. The molecule has 2 N–H and O–H groups in total. The van der Waals surface area contributed by atoms with Crippen molar-refractivity contribution in [1.82, 2.24) is 4.98 Å². The smallest absolute Gasteiger partial charge is 0.0732 e. The number of aromatic nitrogens is 1. The lowest BCUT2D eigenvalue weighted by molar-refractivity contribution is 0.890. The maximum atomic E-state index is 6.15. The van der Waals surface area contributed by atoms with E-state index in [4.69, 9.17) is 5.73 Å². The minimum atomic E-state index is 0.830. The molecule has 0 radical (unpaired) electrons. The van der Waals surface area contributed by atoms with Crippen LogP contribution in [0.2, 0.25) is 0 Å². The first-order valence-corrected chi connectivity index (χ1v) is 6.68. The molecule has 2 aromatic rings. The number of benzene rings is 1. The van der Waals surface area contributed by atoms with Gasteiger partial charge in [-0.05, 0) is 43.5 Å². The summed E-state index contributed by atoms with van der Waals surface area (Å²) in [6, 6.07) is 4.10. The predicted molar refractivity (Wildman–Crippen MR) is 77.3 cm³/mol. The van der Waals surface area contributed by atoms with Crippen molar-refractivity contribution in [3.05, 3.63) is 33.4 Å². The first kappa shape index (κ1) is 12.4. The first-order chi connectivity index (χ1) is 8.04. The van der Waals surface area contributed by atoms with Crippen LogP contribution in [-0.2, 0) is 6.42 Å². The Balaban J connectivity index is 2.77. The van der Waals surface area contributed by atoms with E-state index in [1.54, 1.807) is 0 Å². The molecule has 1 heterocycles. The summed E-state index contributed by atoms with van der Waals surface area (Å²) in [6.45, 7) is 6.32. The second kappa shape index (κ2) is 4.65. The van der Waals surface area contributed by atoms with Crippen molar-refractivity contribution in [2.45, 2.75) is 33.6 Å². The van der Waals surface area contributed by atoms with E-state index in [2.05, 4.69) is 47.8 Å². The maximum Gasteiger partial charge on any atom is 0.0732 e. The van der Waals surface area contributed by atoms with Gasteiger partial charge in [-0.25, -0.2) is 0 Å². The predicted octanol–water partition coefficient (Wildman–Crippen LogP) is 4.15. The van der Waals surface area contributed by atoms with Crippen LogP contribution in [-0.4, -0.2) is 4.98 Å². The van der Waals surface area contributed by atoms with Gasteiger partial charge >= 0.3 is 0 Å². The fourth-order valence-corrected chi connectivity index (χ4v) is 2.53. The van der Waals surface area contributed by atoms with Gasteiger partial charge in [0.1, 0.15) is 0 Å². The lowest BCUT2D eigenvalue weighted by atomic mass is 10.0. The summed E-state index contributed by atoms with van der Waals surface area (Å²) < 4.78 is 1.13. The molecule has 90 valence electrons. The number of pyridine rings is 1. The zero-order valence-electron chi connectivity index (χ0n) is 10.5. The molecule has 0 spiro atoms. The summed E-state index contributed by atoms with van der Waals surface area (Å²) in [5.74, 6) is 0. The molecule has 0 aliphatic carbocycles. The molecular formula is C14H17BrN2. The van der Waals surface area contributed by atoms with Gasteiger partial charge in [0.2, 0.25) is 0 Å². The number of fused-ring (bicyclic) bond motifs is 1. The molecule has 3 heteroatoms. The molecule has 2 nitrogen and oxygen atoms in total. The summed E-state index contributed by atoms with van der Waals surface area (Å²) in [6.07, 6.45) is 2.07. The van der Waals surface area contributed by atoms with E-state index in [0.717, 1.165) is 39.6 Å². The lowest BCUT2D eigenvalue weighted by Gasteiger charge is -2.11. The number of rotatable bonds is 2. The van der Waals surface area contributed by atoms with Crippen molar-refractivity contribution in [2.24, 2.45) is 0 Å². The highest BCUT2D eigenvalue weighted by molar-refractivity contribution is 9.10. The molecule has 17 heavy (non-hydrogen) atoms. The number of hydrogen-bond acceptors (Lipinski definition) is 2. The van der Waals surface area contributed by atoms with E-state index in [1.165, 1.54) is 11.1 Å². The van der Waals surface area contributed by atoms with Gasteiger partial charge in [-0.3, -0.25) is 4.98 Å². The zero-order chi connectivity index (χ0) is 12.6. The molecule has 0 saturated carbocycles. The lowest BCUT2D eigenvalue weighted by Crippen LogP contribution is -1.98. The van der Waals surface area contributed by atoms with Gasteiger partial charge in [0, 0.05) is 21.2 Å². The van der Waals surface area contributed by atoms with Crippen LogP contribution in [0, 0.1) is 13.8 Å². The Morgan fingerprint density at radius 3 is 2.65 bits per heavy atom. The number of anilines is 1. The third kappa shape index (κ3) is 2.16. The van der Waals surface area contributed by atoms with Crippen LogP contribution in [0.15, 0.2) is 16.6 Å². The van der Waals surface area contributed by atoms with Crippen molar-refractivity contribution in [1.29, 1.82) is 0 Å². The van der Waals surface area contributed by atoms with Crippen LogP contribution in [0.25, 0.3) is 10.9 Å². The Labute approximate surface area is 110 Å². The minimum absolute atomic E-state index is 0.830. The van der Waals surface area contributed by atoms with Crippen molar-refractivity contribution in [2.75, 3.05) is 5.73 Å². The van der Waals surface area contributed by atoms with Crippen molar-refractivity contribution >= 4 is 32.5 Å². The molecule has 1 aromatic heterocycles. The molecule has 0 bridgehead atoms. The normalized spacial score (nSPS) is 11.1. The van der Waals surface area contributed by atoms with Gasteiger partial charge < -0.3 is 5.73 Å². The second-order valence-electron chi connectivity index (χ2n) is 4.48. The molecule has 0 fully saturated rings. The maximum absolute atomic E-state index is 6.15. The topological polar surface area (TPSA) is 38.9 Å². The standard InChI is InChI=1S/C14H17BrN2/c1-4-5-10-7-11(16)13-9(3)14(15)8(2)6-12(13)17-10/h6-7H,4-5H2,1-3H3,(H2,16,17). The Morgan fingerprint density at radius 1 is 1.29 bits per heavy atom. The second-order valence-corrected chi connectivity index (χ2v) is 5.27. The van der Waals surface area contributed by atoms with E-state index in [1.807, 2.05) is 6.07 Å². The quantitative estimate of drug-likeness (QED) is 0.903. The molecule has 0 atom stereocenters. The minimum Gasteiger partial charge on any atom is -0.398 e. The van der Waals surface area contributed by atoms with Crippen LogP contribution in [0.5, 0.6) is 0 Å². The van der Waals surface area contributed by atoms with E-state index in [9.17, 15) is 0 Å². The highest BCUT2D eigenvalue weighted by atomic mass is 79.9. The van der Waals surface area contributed by atoms with E-state index >= 15 is 0 Å². The van der Waals surface area contributed by atoms with E-state index in [-0.39, 0.29) is 0 Å². The SMILES string of the molecule is CCCc1cc(N)c2c(C)c(Br)c(C)cc2n1. The van der Waals surface area contributed by atoms with Crippen molar-refractivity contribution < 1.29 is 0 Å². The van der Waals surface area contributed by atoms with E-state index < -0.39 is 0 Å². The van der Waals surface area contributed by atoms with Gasteiger partial charge in [-0.2, -0.15) is 0 Å². The monoisotopic (exact) mass is 292 g/mol. The van der Waals surface area contributed by atoms with Crippen LogP contribution >= 0.6 is 15.9 Å². The Hall–Kier alpha value is -1.09. The Bertz CT molecular complexity index is 576. The average molecular weight is 293 g/mol. The summed E-state index contributed by atoms with van der Waals surface area (Å²) in [7, 11) is 0. The van der Waals surface area contributed by atoms with E-state index in [0.29, 0.717) is 0 Å². The van der Waals surface area contributed by atoms with Gasteiger partial charge in [-0.1, -0.05) is 29.3 Å². The van der Waals surface area contributed by atoms with Gasteiger partial charge in [0.25, 0.3) is 0 Å². The molecule has 1 aromatic carbocycles. The number of hydrogen-bond donors (Lipinski definition) is 1. The van der Waals surface area contributed by atoms with Crippen LogP contribution in [0.4, 0.5) is 5.69 Å². The van der Waals surface area contributed by atoms with Crippen LogP contribution in [0.3, 0.4) is 0 Å². The fourth-order valence-electron chi connectivity index (χ4n) is 2.21. The molecular weight excluding hydrogens is 276 g/mol. The van der Waals surface area contributed by atoms with Crippen LogP contribution in [0.1, 0.15) is 30.2 Å². The molecule has 0 aliphatic rings. The largest absolute Gasteiger partial charge is 0.398 e. The van der Waals surface area contributed by atoms with Gasteiger partial charge in [0.05, 0.1) is 5.52 Å². The van der Waals surface area contributed by atoms with Crippen LogP contribution < -0.4 is 5.73 Å². The van der Waals surface area contributed by atoms with Crippen molar-refractivity contribution in [3.8, 4) is 0 Å². The Kier molecular flexibility index (Phi) is 3.38. The summed E-state index contributed by atoms with van der Waals surface area (Å²) >= 11 is 3.60. The number of nitrogens with two attached hydrogens (primary N) is 1. The number of nitrogens with zero attached hydrogens (tertiary/aromatic N) is 1. The molecule has 2 rings (SSSR count). The molecule has 0 amide bonds. The molecule has 0 aliphatic heterocycles. The Morgan fingerprint density at radius 2 is 2.00 bits per heavy atom. The third-order valence-corrected chi connectivity index (χ3v) is 4.26. The average Bonchev–Trinajstić information content (AvgIpc) is 2.25. The van der Waals surface area contributed by atoms with Crippen molar-refractivity contribution in [3.63, 3.8) is 0 Å². The zero-order valence-corrected chi connectivity index (χ0v) is 12.1. The highest BCUT2D eigenvalue weighted by Gasteiger charge is 2.10. The van der Waals surface area contributed by atoms with Gasteiger partial charge in [0.15, 0.2) is 0 Å². The summed E-state index contributed by atoms with van der Waals surface area (Å²) in [5.41, 5.74) is 11.4.